The predicted molar refractivity (Wildman–Crippen MR) is 79.1 cm³/mol. The highest BCUT2D eigenvalue weighted by Crippen LogP contribution is 2.23. The number of benzene rings is 2. The van der Waals surface area contributed by atoms with Gasteiger partial charge in [0.25, 0.3) is 0 Å². The molecule has 1 heterocycles. The molecule has 0 bridgehead atoms. The fourth-order valence-electron chi connectivity index (χ4n) is 2.32. The standard InChI is InChI=1S/C16H16F2N2O/c17-12-1-6-16(15(18)11-12)19-13-2-4-14(5-3-13)20-7-9-21-10-8-20/h1-6,11,19H,7-10H2. The Labute approximate surface area is 122 Å². The minimum Gasteiger partial charge on any atom is -0.378 e. The first-order valence-corrected chi connectivity index (χ1v) is 6.87. The molecule has 0 unspecified atom stereocenters. The molecule has 110 valence electrons. The Balaban J connectivity index is 1.71. The molecular weight excluding hydrogens is 274 g/mol. The van der Waals surface area contributed by atoms with Crippen molar-refractivity contribution in [2.45, 2.75) is 0 Å². The highest BCUT2D eigenvalue weighted by molar-refractivity contribution is 5.63. The second kappa shape index (κ2) is 6.10. The third-order valence-corrected chi connectivity index (χ3v) is 3.45. The highest BCUT2D eigenvalue weighted by Gasteiger charge is 2.11. The van der Waals surface area contributed by atoms with Crippen molar-refractivity contribution >= 4 is 17.1 Å². The second-order valence-electron chi connectivity index (χ2n) is 4.90. The van der Waals surface area contributed by atoms with Crippen LogP contribution < -0.4 is 10.2 Å². The van der Waals surface area contributed by atoms with Gasteiger partial charge in [-0.15, -0.1) is 0 Å². The Morgan fingerprint density at radius 1 is 0.952 bits per heavy atom. The monoisotopic (exact) mass is 290 g/mol. The average molecular weight is 290 g/mol. The van der Waals surface area contributed by atoms with E-state index >= 15 is 0 Å². The summed E-state index contributed by atoms with van der Waals surface area (Å²) in [4.78, 5) is 2.24. The quantitative estimate of drug-likeness (QED) is 0.935. The maximum atomic E-state index is 13.6. The molecule has 1 saturated heterocycles. The molecule has 1 N–H and O–H groups in total. The molecule has 1 aliphatic heterocycles. The number of hydrogen-bond acceptors (Lipinski definition) is 3. The van der Waals surface area contributed by atoms with Gasteiger partial charge in [0, 0.05) is 30.5 Å². The number of anilines is 3. The van der Waals surface area contributed by atoms with Crippen LogP contribution in [0.4, 0.5) is 25.8 Å². The fourth-order valence-corrected chi connectivity index (χ4v) is 2.32. The number of hydrogen-bond donors (Lipinski definition) is 1. The third-order valence-electron chi connectivity index (χ3n) is 3.45. The second-order valence-corrected chi connectivity index (χ2v) is 4.90. The Morgan fingerprint density at radius 3 is 2.33 bits per heavy atom. The van der Waals surface area contributed by atoms with E-state index in [0.29, 0.717) is 0 Å². The molecule has 0 saturated carbocycles. The van der Waals surface area contributed by atoms with Crippen molar-refractivity contribution in [3.63, 3.8) is 0 Å². The lowest BCUT2D eigenvalue weighted by molar-refractivity contribution is 0.122. The zero-order valence-corrected chi connectivity index (χ0v) is 11.5. The molecule has 2 aromatic carbocycles. The SMILES string of the molecule is Fc1ccc(Nc2ccc(N3CCOCC3)cc2)c(F)c1. The van der Waals surface area contributed by atoms with Crippen LogP contribution in [-0.2, 0) is 4.74 Å². The van der Waals surface area contributed by atoms with E-state index in [1.807, 2.05) is 24.3 Å². The highest BCUT2D eigenvalue weighted by atomic mass is 19.1. The summed E-state index contributed by atoms with van der Waals surface area (Å²) >= 11 is 0. The lowest BCUT2D eigenvalue weighted by Crippen LogP contribution is -2.36. The molecule has 0 atom stereocenters. The van der Waals surface area contributed by atoms with Gasteiger partial charge in [0.2, 0.25) is 0 Å². The molecule has 0 amide bonds. The summed E-state index contributed by atoms with van der Waals surface area (Å²) in [5, 5.41) is 2.94. The van der Waals surface area contributed by atoms with Crippen LogP contribution in [0.5, 0.6) is 0 Å². The summed E-state index contributed by atoms with van der Waals surface area (Å²) in [7, 11) is 0. The van der Waals surface area contributed by atoms with Crippen LogP contribution in [-0.4, -0.2) is 26.3 Å². The largest absolute Gasteiger partial charge is 0.378 e. The Kier molecular flexibility index (Phi) is 4.01. The minimum absolute atomic E-state index is 0.260. The topological polar surface area (TPSA) is 24.5 Å². The summed E-state index contributed by atoms with van der Waals surface area (Å²) in [6.07, 6.45) is 0. The first-order chi connectivity index (χ1) is 10.2. The van der Waals surface area contributed by atoms with Gasteiger partial charge in [0.1, 0.15) is 11.6 Å². The summed E-state index contributed by atoms with van der Waals surface area (Å²) < 4.78 is 31.8. The lowest BCUT2D eigenvalue weighted by atomic mass is 10.2. The molecule has 1 fully saturated rings. The van der Waals surface area contributed by atoms with Crippen LogP contribution in [0, 0.1) is 11.6 Å². The Morgan fingerprint density at radius 2 is 1.67 bits per heavy atom. The molecule has 1 aliphatic rings. The molecule has 3 rings (SSSR count). The van der Waals surface area contributed by atoms with Gasteiger partial charge < -0.3 is 15.0 Å². The molecule has 2 aromatic rings. The lowest BCUT2D eigenvalue weighted by Gasteiger charge is -2.28. The molecular formula is C16H16F2N2O. The number of nitrogens with zero attached hydrogens (tertiary/aromatic N) is 1. The maximum Gasteiger partial charge on any atom is 0.149 e. The number of ether oxygens (including phenoxy) is 1. The smallest absolute Gasteiger partial charge is 0.149 e. The average Bonchev–Trinajstić information content (AvgIpc) is 2.52. The first-order valence-electron chi connectivity index (χ1n) is 6.87. The zero-order chi connectivity index (χ0) is 14.7. The molecule has 0 spiro atoms. The van der Waals surface area contributed by atoms with Crippen LogP contribution in [0.1, 0.15) is 0 Å². The van der Waals surface area contributed by atoms with E-state index in [1.54, 1.807) is 0 Å². The van der Waals surface area contributed by atoms with Gasteiger partial charge in [-0.2, -0.15) is 0 Å². The molecule has 0 aromatic heterocycles. The summed E-state index contributed by atoms with van der Waals surface area (Å²) in [6.45, 7) is 3.22. The van der Waals surface area contributed by atoms with E-state index in [4.69, 9.17) is 4.74 Å². The van der Waals surface area contributed by atoms with E-state index in [0.717, 1.165) is 43.7 Å². The van der Waals surface area contributed by atoms with Crippen molar-refractivity contribution in [2.24, 2.45) is 0 Å². The fraction of sp³-hybridized carbons (Fsp3) is 0.250. The molecule has 21 heavy (non-hydrogen) atoms. The normalized spacial score (nSPS) is 15.0. The van der Waals surface area contributed by atoms with E-state index in [9.17, 15) is 8.78 Å². The van der Waals surface area contributed by atoms with Crippen LogP contribution in [0.15, 0.2) is 42.5 Å². The first kappa shape index (κ1) is 13.8. The van der Waals surface area contributed by atoms with E-state index < -0.39 is 11.6 Å². The van der Waals surface area contributed by atoms with Gasteiger partial charge >= 0.3 is 0 Å². The number of morpholine rings is 1. The summed E-state index contributed by atoms with van der Waals surface area (Å²) in [5.74, 6) is -1.19. The van der Waals surface area contributed by atoms with Crippen LogP contribution >= 0.6 is 0 Å². The molecule has 5 heteroatoms. The third kappa shape index (κ3) is 3.31. The van der Waals surface area contributed by atoms with Crippen LogP contribution in [0.25, 0.3) is 0 Å². The molecule has 3 nitrogen and oxygen atoms in total. The van der Waals surface area contributed by atoms with Crippen LogP contribution in [0.3, 0.4) is 0 Å². The van der Waals surface area contributed by atoms with Crippen molar-refractivity contribution in [1.82, 2.24) is 0 Å². The van der Waals surface area contributed by atoms with Crippen molar-refractivity contribution < 1.29 is 13.5 Å². The van der Waals surface area contributed by atoms with Gasteiger partial charge in [0.05, 0.1) is 18.9 Å². The maximum absolute atomic E-state index is 13.6. The minimum atomic E-state index is -0.604. The Bertz CT molecular complexity index is 610. The summed E-state index contributed by atoms with van der Waals surface area (Å²) in [6, 6.07) is 11.2. The van der Waals surface area contributed by atoms with Gasteiger partial charge in [-0.25, -0.2) is 8.78 Å². The van der Waals surface area contributed by atoms with E-state index in [1.165, 1.54) is 12.1 Å². The van der Waals surface area contributed by atoms with Crippen molar-refractivity contribution in [3.8, 4) is 0 Å². The van der Waals surface area contributed by atoms with Gasteiger partial charge in [-0.1, -0.05) is 0 Å². The van der Waals surface area contributed by atoms with E-state index in [-0.39, 0.29) is 5.69 Å². The summed E-state index contributed by atoms with van der Waals surface area (Å²) in [5.41, 5.74) is 2.14. The number of halogens is 2. The van der Waals surface area contributed by atoms with Crippen molar-refractivity contribution in [2.75, 3.05) is 36.5 Å². The number of rotatable bonds is 3. The van der Waals surface area contributed by atoms with Gasteiger partial charge in [-0.3, -0.25) is 0 Å². The Hall–Kier alpha value is -2.14. The van der Waals surface area contributed by atoms with Crippen molar-refractivity contribution in [1.29, 1.82) is 0 Å². The predicted octanol–water partition coefficient (Wildman–Crippen LogP) is 3.55. The molecule has 0 radical (unpaired) electrons. The van der Waals surface area contributed by atoms with Gasteiger partial charge in [-0.05, 0) is 36.4 Å². The number of nitrogens with one attached hydrogen (secondary N) is 1. The zero-order valence-electron chi connectivity index (χ0n) is 11.5. The molecule has 0 aliphatic carbocycles. The van der Waals surface area contributed by atoms with Gasteiger partial charge in [0.15, 0.2) is 0 Å². The van der Waals surface area contributed by atoms with Crippen molar-refractivity contribution in [3.05, 3.63) is 54.1 Å². The van der Waals surface area contributed by atoms with Crippen LogP contribution in [0.2, 0.25) is 0 Å². The van der Waals surface area contributed by atoms with E-state index in [2.05, 4.69) is 10.2 Å².